The van der Waals surface area contributed by atoms with Crippen LogP contribution in [0.3, 0.4) is 0 Å². The quantitative estimate of drug-likeness (QED) is 0.836. The van der Waals surface area contributed by atoms with Crippen molar-refractivity contribution in [3.63, 3.8) is 0 Å². The second kappa shape index (κ2) is 4.83. The number of carbonyl (C=O) groups is 1. The molecule has 88 valence electrons. The second-order valence-electron chi connectivity index (χ2n) is 3.78. The lowest BCUT2D eigenvalue weighted by Crippen LogP contribution is -2.19. The fourth-order valence-corrected chi connectivity index (χ4v) is 1.50. The summed E-state index contributed by atoms with van der Waals surface area (Å²) >= 11 is 0. The van der Waals surface area contributed by atoms with Crippen molar-refractivity contribution in [1.29, 1.82) is 0 Å². The normalized spacial score (nSPS) is 10.5. The minimum Gasteiger partial charge on any atom is -0.479 e. The predicted molar refractivity (Wildman–Crippen MR) is 59.0 cm³/mol. The van der Waals surface area contributed by atoms with E-state index in [9.17, 15) is 9.59 Å². The Hall–Kier alpha value is -1.78. The van der Waals surface area contributed by atoms with Gasteiger partial charge in [0, 0.05) is 18.3 Å². The maximum absolute atomic E-state index is 11.5. The molecular weight excluding hydrogens is 210 g/mol. The molecule has 0 aliphatic heterocycles. The Balaban J connectivity index is 3.11. The average Bonchev–Trinajstić information content (AvgIpc) is 2.16. The molecule has 1 N–H and O–H groups in total. The SMILES string of the molecule is Cc1c(OCC(=O)O)c(=O)ccn1C(C)C. The predicted octanol–water partition coefficient (Wildman–Crippen LogP) is 1.20. The first-order chi connectivity index (χ1) is 7.43. The van der Waals surface area contributed by atoms with E-state index in [1.807, 2.05) is 18.4 Å². The average molecular weight is 225 g/mol. The van der Waals surface area contributed by atoms with Crippen LogP contribution in [0.4, 0.5) is 0 Å². The minimum absolute atomic E-state index is 0.110. The van der Waals surface area contributed by atoms with Crippen molar-refractivity contribution >= 4 is 5.97 Å². The first kappa shape index (κ1) is 12.3. The Bertz CT molecular complexity index is 448. The van der Waals surface area contributed by atoms with Crippen LogP contribution in [0, 0.1) is 6.92 Å². The summed E-state index contributed by atoms with van der Waals surface area (Å²) < 4.78 is 6.85. The molecule has 16 heavy (non-hydrogen) atoms. The number of carboxylic acid groups (broad SMARTS) is 1. The fraction of sp³-hybridized carbons (Fsp3) is 0.455. The van der Waals surface area contributed by atoms with Crippen molar-refractivity contribution in [2.45, 2.75) is 26.8 Å². The fourth-order valence-electron chi connectivity index (χ4n) is 1.50. The van der Waals surface area contributed by atoms with E-state index in [0.29, 0.717) is 5.69 Å². The van der Waals surface area contributed by atoms with Gasteiger partial charge < -0.3 is 14.4 Å². The van der Waals surface area contributed by atoms with Crippen molar-refractivity contribution < 1.29 is 14.6 Å². The number of carboxylic acids is 1. The Morgan fingerprint density at radius 2 is 2.19 bits per heavy atom. The zero-order chi connectivity index (χ0) is 12.3. The zero-order valence-corrected chi connectivity index (χ0v) is 9.56. The Labute approximate surface area is 93.3 Å². The second-order valence-corrected chi connectivity index (χ2v) is 3.78. The summed E-state index contributed by atoms with van der Waals surface area (Å²) in [4.78, 5) is 21.9. The van der Waals surface area contributed by atoms with E-state index in [4.69, 9.17) is 9.84 Å². The van der Waals surface area contributed by atoms with Gasteiger partial charge in [-0.15, -0.1) is 0 Å². The highest BCUT2D eigenvalue weighted by Gasteiger charge is 2.11. The standard InChI is InChI=1S/C11H15NO4/c1-7(2)12-5-4-9(13)11(8(12)3)16-6-10(14)15/h4-5,7H,6H2,1-3H3,(H,14,15). The van der Waals surface area contributed by atoms with Crippen LogP contribution in [-0.2, 0) is 4.79 Å². The van der Waals surface area contributed by atoms with E-state index >= 15 is 0 Å². The third-order valence-electron chi connectivity index (χ3n) is 2.22. The molecule has 0 aromatic carbocycles. The van der Waals surface area contributed by atoms with Crippen LogP contribution in [0.15, 0.2) is 17.1 Å². The highest BCUT2D eigenvalue weighted by molar-refractivity contribution is 5.68. The van der Waals surface area contributed by atoms with Gasteiger partial charge in [-0.3, -0.25) is 4.79 Å². The molecule has 1 aromatic rings. The molecule has 1 heterocycles. The molecule has 0 fully saturated rings. The molecule has 0 atom stereocenters. The highest BCUT2D eigenvalue weighted by atomic mass is 16.5. The van der Waals surface area contributed by atoms with Crippen LogP contribution in [0.1, 0.15) is 25.6 Å². The molecule has 0 saturated carbocycles. The van der Waals surface area contributed by atoms with Crippen LogP contribution < -0.4 is 10.2 Å². The molecule has 0 saturated heterocycles. The molecule has 0 amide bonds. The van der Waals surface area contributed by atoms with Crippen LogP contribution in [-0.4, -0.2) is 22.2 Å². The smallest absolute Gasteiger partial charge is 0.341 e. The Kier molecular flexibility index (Phi) is 3.71. The number of rotatable bonds is 4. The highest BCUT2D eigenvalue weighted by Crippen LogP contribution is 2.15. The van der Waals surface area contributed by atoms with E-state index in [1.54, 1.807) is 13.1 Å². The zero-order valence-electron chi connectivity index (χ0n) is 9.56. The van der Waals surface area contributed by atoms with Crippen molar-refractivity contribution in [2.24, 2.45) is 0 Å². The van der Waals surface area contributed by atoms with Gasteiger partial charge in [-0.1, -0.05) is 0 Å². The molecule has 1 rings (SSSR count). The van der Waals surface area contributed by atoms with Crippen LogP contribution >= 0.6 is 0 Å². The van der Waals surface area contributed by atoms with Gasteiger partial charge in [-0.25, -0.2) is 4.79 Å². The van der Waals surface area contributed by atoms with Crippen LogP contribution in [0.2, 0.25) is 0 Å². The molecule has 0 aliphatic carbocycles. The third-order valence-corrected chi connectivity index (χ3v) is 2.22. The van der Waals surface area contributed by atoms with Gasteiger partial charge in [0.25, 0.3) is 0 Å². The van der Waals surface area contributed by atoms with E-state index < -0.39 is 12.6 Å². The maximum Gasteiger partial charge on any atom is 0.341 e. The number of aromatic nitrogens is 1. The van der Waals surface area contributed by atoms with Gasteiger partial charge >= 0.3 is 5.97 Å². The van der Waals surface area contributed by atoms with Crippen LogP contribution in [0.5, 0.6) is 5.75 Å². The molecule has 5 nitrogen and oxygen atoms in total. The summed E-state index contributed by atoms with van der Waals surface area (Å²) in [6.45, 7) is 5.17. The van der Waals surface area contributed by atoms with Gasteiger partial charge in [0.1, 0.15) is 0 Å². The van der Waals surface area contributed by atoms with E-state index in [0.717, 1.165) is 0 Å². The van der Waals surface area contributed by atoms with Gasteiger partial charge in [0.05, 0.1) is 5.69 Å². The lowest BCUT2D eigenvalue weighted by Gasteiger charge is -2.17. The molecule has 1 aromatic heterocycles. The summed E-state index contributed by atoms with van der Waals surface area (Å²) in [5.74, 6) is -0.989. The number of aliphatic carboxylic acids is 1. The summed E-state index contributed by atoms with van der Waals surface area (Å²) in [5.41, 5.74) is 0.347. The monoisotopic (exact) mass is 225 g/mol. The molecule has 0 bridgehead atoms. The third kappa shape index (κ3) is 2.62. The first-order valence-corrected chi connectivity index (χ1v) is 4.99. The summed E-state index contributed by atoms with van der Waals surface area (Å²) in [7, 11) is 0. The lowest BCUT2D eigenvalue weighted by molar-refractivity contribution is -0.139. The minimum atomic E-state index is -1.10. The van der Waals surface area contributed by atoms with Crippen molar-refractivity contribution in [1.82, 2.24) is 4.57 Å². The number of hydrogen-bond acceptors (Lipinski definition) is 3. The number of pyridine rings is 1. The number of nitrogens with zero attached hydrogens (tertiary/aromatic N) is 1. The topological polar surface area (TPSA) is 68.5 Å². The largest absolute Gasteiger partial charge is 0.479 e. The van der Waals surface area contributed by atoms with Gasteiger partial charge in [-0.2, -0.15) is 0 Å². The molecule has 0 spiro atoms. The summed E-state index contributed by atoms with van der Waals surface area (Å²) in [6.07, 6.45) is 1.68. The molecule has 0 radical (unpaired) electrons. The molecule has 0 unspecified atom stereocenters. The maximum atomic E-state index is 11.5. The number of hydrogen-bond donors (Lipinski definition) is 1. The molecule has 0 aliphatic rings. The Morgan fingerprint density at radius 3 is 2.69 bits per heavy atom. The molecular formula is C11H15NO4. The van der Waals surface area contributed by atoms with Gasteiger partial charge in [0.2, 0.25) is 5.43 Å². The lowest BCUT2D eigenvalue weighted by atomic mass is 10.2. The molecule has 5 heteroatoms. The van der Waals surface area contributed by atoms with E-state index in [2.05, 4.69) is 0 Å². The van der Waals surface area contributed by atoms with Crippen LogP contribution in [0.25, 0.3) is 0 Å². The van der Waals surface area contributed by atoms with Crippen molar-refractivity contribution in [3.8, 4) is 5.75 Å². The first-order valence-electron chi connectivity index (χ1n) is 4.99. The van der Waals surface area contributed by atoms with E-state index in [1.165, 1.54) is 6.07 Å². The Morgan fingerprint density at radius 1 is 1.56 bits per heavy atom. The number of ether oxygens (including phenoxy) is 1. The van der Waals surface area contributed by atoms with Crippen molar-refractivity contribution in [2.75, 3.05) is 6.61 Å². The summed E-state index contributed by atoms with van der Waals surface area (Å²) in [6, 6.07) is 1.57. The van der Waals surface area contributed by atoms with Gasteiger partial charge in [-0.05, 0) is 20.8 Å². The summed E-state index contributed by atoms with van der Waals surface area (Å²) in [5, 5.41) is 8.50. The van der Waals surface area contributed by atoms with E-state index in [-0.39, 0.29) is 17.2 Å². The van der Waals surface area contributed by atoms with Gasteiger partial charge in [0.15, 0.2) is 12.4 Å². The van der Waals surface area contributed by atoms with Crippen molar-refractivity contribution in [3.05, 3.63) is 28.2 Å².